The van der Waals surface area contributed by atoms with Gasteiger partial charge in [-0.1, -0.05) is 72.8 Å². The van der Waals surface area contributed by atoms with Gasteiger partial charge in [0.1, 0.15) is 5.75 Å². The fourth-order valence-corrected chi connectivity index (χ4v) is 4.13. The van der Waals surface area contributed by atoms with Crippen LogP contribution in [-0.2, 0) is 4.79 Å². The minimum atomic E-state index is -0.297. The number of benzene rings is 3. The van der Waals surface area contributed by atoms with Crippen molar-refractivity contribution in [2.45, 2.75) is 18.5 Å². The fraction of sp³-hybridized carbons (Fsp3) is 0.148. The van der Waals surface area contributed by atoms with Crippen LogP contribution in [0.2, 0.25) is 0 Å². The summed E-state index contributed by atoms with van der Waals surface area (Å²) in [4.78, 5) is 17.1. The molecule has 4 aromatic rings. The number of hydrogen-bond donors (Lipinski definition) is 2. The highest BCUT2D eigenvalue weighted by Crippen LogP contribution is 2.38. The zero-order valence-electron chi connectivity index (χ0n) is 18.8. The predicted molar refractivity (Wildman–Crippen MR) is 133 cm³/mol. The third-order valence-electron chi connectivity index (χ3n) is 5.85. The molecule has 170 valence electrons. The lowest BCUT2D eigenvalue weighted by atomic mass is 9.93. The van der Waals surface area contributed by atoms with E-state index >= 15 is 0 Å². The summed E-state index contributed by atoms with van der Waals surface area (Å²) in [7, 11) is 1.62. The van der Waals surface area contributed by atoms with Crippen LogP contribution < -0.4 is 15.4 Å². The van der Waals surface area contributed by atoms with Crippen molar-refractivity contribution >= 4 is 23.9 Å². The van der Waals surface area contributed by atoms with E-state index in [2.05, 4.69) is 45.0 Å². The predicted octanol–water partition coefficient (Wildman–Crippen LogP) is 5.08. The summed E-state index contributed by atoms with van der Waals surface area (Å²) in [5.41, 5.74) is 3.23. The number of hydrogen-bond acceptors (Lipinski definition) is 5. The summed E-state index contributed by atoms with van der Waals surface area (Å²) in [5.74, 6) is 1.36. The largest absolute Gasteiger partial charge is 0.497 e. The highest BCUT2D eigenvalue weighted by atomic mass is 16.5. The van der Waals surface area contributed by atoms with Gasteiger partial charge in [0.25, 0.3) is 11.9 Å². The SMILES string of the molecule is COc1ccc(C=CC(=O)Nc2nc3n(n2)C(c2ccccc2)CC(c2ccccc2)N3)cc1. The van der Waals surface area contributed by atoms with Crippen molar-refractivity contribution in [3.05, 3.63) is 108 Å². The second-order valence-electron chi connectivity index (χ2n) is 8.07. The molecular weight excluding hydrogens is 426 g/mol. The molecule has 0 saturated carbocycles. The second kappa shape index (κ2) is 9.62. The average molecular weight is 452 g/mol. The molecule has 7 heteroatoms. The van der Waals surface area contributed by atoms with E-state index in [1.54, 1.807) is 13.2 Å². The van der Waals surface area contributed by atoms with Crippen molar-refractivity contribution < 1.29 is 9.53 Å². The van der Waals surface area contributed by atoms with Gasteiger partial charge < -0.3 is 10.1 Å². The minimum Gasteiger partial charge on any atom is -0.497 e. The molecule has 2 N–H and O–H groups in total. The number of nitrogens with zero attached hydrogens (tertiary/aromatic N) is 3. The molecule has 0 aliphatic carbocycles. The van der Waals surface area contributed by atoms with E-state index in [1.807, 2.05) is 65.3 Å². The summed E-state index contributed by atoms with van der Waals surface area (Å²) >= 11 is 0. The highest BCUT2D eigenvalue weighted by Gasteiger charge is 2.31. The van der Waals surface area contributed by atoms with Crippen LogP contribution in [0.5, 0.6) is 5.75 Å². The Morgan fingerprint density at radius 3 is 2.35 bits per heavy atom. The molecule has 1 aliphatic heterocycles. The van der Waals surface area contributed by atoms with Gasteiger partial charge in [0.05, 0.1) is 19.2 Å². The summed E-state index contributed by atoms with van der Waals surface area (Å²) < 4.78 is 7.02. The van der Waals surface area contributed by atoms with Crippen LogP contribution in [0, 0.1) is 0 Å². The second-order valence-corrected chi connectivity index (χ2v) is 8.07. The van der Waals surface area contributed by atoms with E-state index in [0.717, 1.165) is 23.3 Å². The van der Waals surface area contributed by atoms with Gasteiger partial charge in [0.2, 0.25) is 5.95 Å². The van der Waals surface area contributed by atoms with Crippen molar-refractivity contribution in [2.75, 3.05) is 17.7 Å². The number of carbonyl (C=O) groups is 1. The maximum Gasteiger partial charge on any atom is 0.250 e. The van der Waals surface area contributed by atoms with Crippen LogP contribution >= 0.6 is 0 Å². The fourth-order valence-electron chi connectivity index (χ4n) is 4.13. The van der Waals surface area contributed by atoms with Gasteiger partial charge in [0.15, 0.2) is 0 Å². The molecule has 1 amide bonds. The van der Waals surface area contributed by atoms with E-state index in [-0.39, 0.29) is 23.9 Å². The third-order valence-corrected chi connectivity index (χ3v) is 5.85. The number of ether oxygens (including phenoxy) is 1. The van der Waals surface area contributed by atoms with Crippen LogP contribution in [-0.4, -0.2) is 27.8 Å². The lowest BCUT2D eigenvalue weighted by Gasteiger charge is -2.31. The molecule has 2 atom stereocenters. The Morgan fingerprint density at radius 1 is 1.00 bits per heavy atom. The first-order chi connectivity index (χ1) is 16.7. The molecule has 0 saturated heterocycles. The Kier molecular flexibility index (Phi) is 6.07. The number of carbonyl (C=O) groups excluding carboxylic acids is 1. The molecular formula is C27H25N5O2. The Balaban J connectivity index is 1.37. The summed E-state index contributed by atoms with van der Waals surface area (Å²) in [6.07, 6.45) is 4.02. The maximum atomic E-state index is 12.5. The average Bonchev–Trinajstić information content (AvgIpc) is 3.30. The zero-order valence-corrected chi connectivity index (χ0v) is 18.8. The van der Waals surface area contributed by atoms with E-state index in [1.165, 1.54) is 11.6 Å². The first kappa shape index (κ1) is 21.5. The van der Waals surface area contributed by atoms with E-state index in [4.69, 9.17) is 4.74 Å². The number of methoxy groups -OCH3 is 1. The number of amides is 1. The first-order valence-corrected chi connectivity index (χ1v) is 11.2. The quantitative estimate of drug-likeness (QED) is 0.399. The van der Waals surface area contributed by atoms with Gasteiger partial charge in [0, 0.05) is 6.08 Å². The van der Waals surface area contributed by atoms with Crippen molar-refractivity contribution in [3.63, 3.8) is 0 Å². The molecule has 0 radical (unpaired) electrons. The Hall–Kier alpha value is -4.39. The number of nitrogens with one attached hydrogen (secondary N) is 2. The van der Waals surface area contributed by atoms with Crippen LogP contribution in [0.4, 0.5) is 11.9 Å². The molecule has 0 spiro atoms. The van der Waals surface area contributed by atoms with Gasteiger partial charge in [-0.25, -0.2) is 4.68 Å². The maximum absolute atomic E-state index is 12.5. The van der Waals surface area contributed by atoms with E-state index < -0.39 is 0 Å². The van der Waals surface area contributed by atoms with Gasteiger partial charge >= 0.3 is 0 Å². The molecule has 0 bridgehead atoms. The minimum absolute atomic E-state index is 0.00403. The Morgan fingerprint density at radius 2 is 1.68 bits per heavy atom. The molecule has 34 heavy (non-hydrogen) atoms. The van der Waals surface area contributed by atoms with Gasteiger partial charge in [-0.05, 0) is 41.3 Å². The standard InChI is InChI=1S/C27H25N5O2/c1-34-22-15-12-19(13-16-22)14-17-25(33)29-26-30-27-28-23(20-8-4-2-5-9-20)18-24(32(27)31-26)21-10-6-3-7-11-21/h2-17,23-24H,18H2,1H3,(H2,28,29,30,31,33). The monoisotopic (exact) mass is 451 g/mol. The highest BCUT2D eigenvalue weighted by molar-refractivity contribution is 6.00. The van der Waals surface area contributed by atoms with E-state index in [0.29, 0.717) is 5.95 Å². The molecule has 1 aliphatic rings. The molecule has 2 heterocycles. The van der Waals surface area contributed by atoms with E-state index in [9.17, 15) is 4.79 Å². The van der Waals surface area contributed by atoms with Crippen molar-refractivity contribution in [1.82, 2.24) is 14.8 Å². The number of aromatic nitrogens is 3. The Labute approximate surface area is 198 Å². The van der Waals surface area contributed by atoms with Crippen molar-refractivity contribution in [3.8, 4) is 5.75 Å². The summed E-state index contributed by atoms with van der Waals surface area (Å²) in [6.45, 7) is 0. The van der Waals surface area contributed by atoms with Crippen molar-refractivity contribution in [1.29, 1.82) is 0 Å². The molecule has 7 nitrogen and oxygen atoms in total. The summed E-state index contributed by atoms with van der Waals surface area (Å²) in [5, 5.41) is 10.9. The number of anilines is 2. The van der Waals surface area contributed by atoms with Crippen LogP contribution in [0.25, 0.3) is 6.08 Å². The molecule has 0 fully saturated rings. The zero-order chi connectivity index (χ0) is 23.3. The van der Waals surface area contributed by atoms with Crippen LogP contribution in [0.1, 0.15) is 35.2 Å². The molecule has 1 aromatic heterocycles. The topological polar surface area (TPSA) is 81.1 Å². The Bertz CT molecular complexity index is 1280. The number of fused-ring (bicyclic) bond motifs is 1. The molecule has 5 rings (SSSR count). The number of rotatable bonds is 6. The normalized spacial score (nSPS) is 17.1. The lowest BCUT2D eigenvalue weighted by molar-refractivity contribution is -0.111. The smallest absolute Gasteiger partial charge is 0.250 e. The first-order valence-electron chi connectivity index (χ1n) is 11.2. The van der Waals surface area contributed by atoms with Crippen LogP contribution in [0.15, 0.2) is 91.0 Å². The van der Waals surface area contributed by atoms with Gasteiger partial charge in [-0.3, -0.25) is 10.1 Å². The van der Waals surface area contributed by atoms with Gasteiger partial charge in [-0.2, -0.15) is 4.98 Å². The summed E-state index contributed by atoms with van der Waals surface area (Å²) in [6, 6.07) is 28.1. The van der Waals surface area contributed by atoms with Gasteiger partial charge in [-0.15, -0.1) is 5.10 Å². The van der Waals surface area contributed by atoms with Crippen molar-refractivity contribution in [2.24, 2.45) is 0 Å². The lowest BCUT2D eigenvalue weighted by Crippen LogP contribution is -2.28. The van der Waals surface area contributed by atoms with Crippen LogP contribution in [0.3, 0.4) is 0 Å². The third kappa shape index (κ3) is 4.68. The molecule has 2 unspecified atom stereocenters. The molecule has 3 aromatic carbocycles.